The normalized spacial score (nSPS) is 10.3. The fraction of sp³-hybridized carbons (Fsp3) is 0.0909. The molecule has 0 saturated heterocycles. The summed E-state index contributed by atoms with van der Waals surface area (Å²) in [5.41, 5.74) is 1.43. The molecule has 0 N–H and O–H groups in total. The van der Waals surface area contributed by atoms with Crippen molar-refractivity contribution in [1.29, 1.82) is 0 Å². The SMILES string of the molecule is CC(=O)c1ccc(-n2ccnc2)c(Cl)c1. The second kappa shape index (κ2) is 3.87. The van der Waals surface area contributed by atoms with E-state index < -0.39 is 0 Å². The molecule has 0 aliphatic rings. The summed E-state index contributed by atoms with van der Waals surface area (Å²) in [7, 11) is 0. The minimum absolute atomic E-state index is 0.00841. The van der Waals surface area contributed by atoms with Crippen LogP contribution in [0.4, 0.5) is 0 Å². The van der Waals surface area contributed by atoms with Crippen LogP contribution in [-0.4, -0.2) is 15.3 Å². The van der Waals surface area contributed by atoms with Crippen molar-refractivity contribution in [3.63, 3.8) is 0 Å². The molecule has 1 aromatic heterocycles. The lowest BCUT2D eigenvalue weighted by Gasteiger charge is -2.05. The molecule has 0 aliphatic heterocycles. The molecule has 1 heterocycles. The Bertz CT molecular complexity index is 491. The lowest BCUT2D eigenvalue weighted by atomic mass is 10.1. The molecule has 76 valence electrons. The summed E-state index contributed by atoms with van der Waals surface area (Å²) in [6, 6.07) is 5.23. The monoisotopic (exact) mass is 220 g/mol. The van der Waals surface area contributed by atoms with Gasteiger partial charge in [0.2, 0.25) is 0 Å². The number of halogens is 1. The summed E-state index contributed by atoms with van der Waals surface area (Å²) in [6.07, 6.45) is 5.14. The van der Waals surface area contributed by atoms with Crippen LogP contribution in [0.3, 0.4) is 0 Å². The molecule has 2 aromatic rings. The number of ketones is 1. The zero-order chi connectivity index (χ0) is 10.8. The van der Waals surface area contributed by atoms with E-state index in [4.69, 9.17) is 11.6 Å². The van der Waals surface area contributed by atoms with Crippen LogP contribution in [0.25, 0.3) is 5.69 Å². The Morgan fingerprint density at radius 3 is 2.80 bits per heavy atom. The maximum Gasteiger partial charge on any atom is 0.159 e. The molecule has 1 aromatic carbocycles. The molecule has 0 aliphatic carbocycles. The van der Waals surface area contributed by atoms with Crippen molar-refractivity contribution in [2.24, 2.45) is 0 Å². The van der Waals surface area contributed by atoms with E-state index in [2.05, 4.69) is 4.98 Å². The molecule has 0 radical (unpaired) electrons. The summed E-state index contributed by atoms with van der Waals surface area (Å²) in [6.45, 7) is 1.52. The fourth-order valence-electron chi connectivity index (χ4n) is 1.34. The van der Waals surface area contributed by atoms with Crippen molar-refractivity contribution in [1.82, 2.24) is 9.55 Å². The van der Waals surface area contributed by atoms with Gasteiger partial charge in [-0.2, -0.15) is 0 Å². The van der Waals surface area contributed by atoms with Gasteiger partial charge in [-0.3, -0.25) is 4.79 Å². The van der Waals surface area contributed by atoms with Crippen LogP contribution < -0.4 is 0 Å². The third kappa shape index (κ3) is 1.92. The summed E-state index contributed by atoms with van der Waals surface area (Å²) < 4.78 is 1.80. The highest BCUT2D eigenvalue weighted by molar-refractivity contribution is 6.32. The molecule has 0 fully saturated rings. The average Bonchev–Trinajstić information content (AvgIpc) is 2.70. The molecule has 4 heteroatoms. The lowest BCUT2D eigenvalue weighted by Crippen LogP contribution is -1.96. The minimum Gasteiger partial charge on any atom is -0.305 e. The molecule has 0 unspecified atom stereocenters. The van der Waals surface area contributed by atoms with Crippen molar-refractivity contribution in [3.05, 3.63) is 47.5 Å². The van der Waals surface area contributed by atoms with Gasteiger partial charge in [-0.05, 0) is 25.1 Å². The summed E-state index contributed by atoms with van der Waals surface area (Å²) in [5, 5.41) is 0.542. The number of aromatic nitrogens is 2. The van der Waals surface area contributed by atoms with Crippen LogP contribution in [-0.2, 0) is 0 Å². The first-order valence-electron chi connectivity index (χ1n) is 4.47. The Hall–Kier alpha value is -1.61. The maximum absolute atomic E-state index is 11.1. The van der Waals surface area contributed by atoms with Crippen LogP contribution in [0.1, 0.15) is 17.3 Å². The zero-order valence-corrected chi connectivity index (χ0v) is 8.90. The van der Waals surface area contributed by atoms with Crippen LogP contribution in [0.5, 0.6) is 0 Å². The Kier molecular flexibility index (Phi) is 2.56. The average molecular weight is 221 g/mol. The van der Waals surface area contributed by atoms with E-state index in [0.29, 0.717) is 10.6 Å². The number of carbonyl (C=O) groups excluding carboxylic acids is 1. The third-order valence-electron chi connectivity index (χ3n) is 2.14. The van der Waals surface area contributed by atoms with E-state index in [9.17, 15) is 4.79 Å². The largest absolute Gasteiger partial charge is 0.305 e. The van der Waals surface area contributed by atoms with Crippen molar-refractivity contribution in [2.75, 3.05) is 0 Å². The highest BCUT2D eigenvalue weighted by atomic mass is 35.5. The number of Topliss-reactive ketones (excluding diaryl/α,β-unsaturated/α-hetero) is 1. The van der Waals surface area contributed by atoms with Crippen LogP contribution in [0, 0.1) is 0 Å². The van der Waals surface area contributed by atoms with E-state index in [-0.39, 0.29) is 5.78 Å². The molecule has 15 heavy (non-hydrogen) atoms. The Labute approximate surface area is 92.3 Å². The molecule has 0 atom stereocenters. The van der Waals surface area contributed by atoms with Gasteiger partial charge in [-0.25, -0.2) is 4.98 Å². The van der Waals surface area contributed by atoms with E-state index in [1.807, 2.05) is 0 Å². The Morgan fingerprint density at radius 2 is 2.27 bits per heavy atom. The molecule has 2 rings (SSSR count). The van der Waals surface area contributed by atoms with Gasteiger partial charge in [0.15, 0.2) is 5.78 Å². The summed E-state index contributed by atoms with van der Waals surface area (Å²) in [4.78, 5) is 15.1. The van der Waals surface area contributed by atoms with E-state index in [1.54, 1.807) is 41.5 Å². The first-order valence-corrected chi connectivity index (χ1v) is 4.85. The molecular weight excluding hydrogens is 212 g/mol. The number of carbonyl (C=O) groups is 1. The van der Waals surface area contributed by atoms with Gasteiger partial charge in [0.1, 0.15) is 0 Å². The maximum atomic E-state index is 11.1. The predicted octanol–water partition coefficient (Wildman–Crippen LogP) is 2.73. The quantitative estimate of drug-likeness (QED) is 0.730. The predicted molar refractivity (Wildman–Crippen MR) is 58.6 cm³/mol. The van der Waals surface area contributed by atoms with Gasteiger partial charge in [0.05, 0.1) is 17.0 Å². The topological polar surface area (TPSA) is 34.9 Å². The number of imidazole rings is 1. The number of nitrogens with zero attached hydrogens (tertiary/aromatic N) is 2. The van der Waals surface area contributed by atoms with Crippen molar-refractivity contribution in [3.8, 4) is 5.69 Å². The van der Waals surface area contributed by atoms with Crippen molar-refractivity contribution in [2.45, 2.75) is 6.92 Å². The summed E-state index contributed by atoms with van der Waals surface area (Å²) in [5.74, 6) is 0.00841. The van der Waals surface area contributed by atoms with Gasteiger partial charge < -0.3 is 4.57 Å². The molecule has 0 bridgehead atoms. The van der Waals surface area contributed by atoms with Crippen LogP contribution in [0.2, 0.25) is 5.02 Å². The first kappa shape index (κ1) is 9.93. The molecule has 3 nitrogen and oxygen atoms in total. The molecule has 0 amide bonds. The highest BCUT2D eigenvalue weighted by Crippen LogP contribution is 2.21. The third-order valence-corrected chi connectivity index (χ3v) is 2.44. The molecule has 0 saturated carbocycles. The van der Waals surface area contributed by atoms with Gasteiger partial charge in [-0.15, -0.1) is 0 Å². The summed E-state index contributed by atoms with van der Waals surface area (Å²) >= 11 is 6.06. The number of benzene rings is 1. The van der Waals surface area contributed by atoms with Crippen LogP contribution in [0.15, 0.2) is 36.9 Å². The standard InChI is InChI=1S/C11H9ClN2O/c1-8(15)9-2-3-11(10(12)6-9)14-5-4-13-7-14/h2-7H,1H3. The molecule has 0 spiro atoms. The minimum atomic E-state index is 0.00841. The number of hydrogen-bond donors (Lipinski definition) is 0. The van der Waals surface area contributed by atoms with Crippen molar-refractivity contribution < 1.29 is 4.79 Å². The van der Waals surface area contributed by atoms with Gasteiger partial charge in [0.25, 0.3) is 0 Å². The van der Waals surface area contributed by atoms with Gasteiger partial charge in [0, 0.05) is 18.0 Å². The van der Waals surface area contributed by atoms with E-state index in [0.717, 1.165) is 5.69 Å². The number of rotatable bonds is 2. The van der Waals surface area contributed by atoms with E-state index in [1.165, 1.54) is 6.92 Å². The number of hydrogen-bond acceptors (Lipinski definition) is 2. The first-order chi connectivity index (χ1) is 7.18. The zero-order valence-electron chi connectivity index (χ0n) is 8.14. The smallest absolute Gasteiger partial charge is 0.159 e. The van der Waals surface area contributed by atoms with Gasteiger partial charge in [-0.1, -0.05) is 11.6 Å². The van der Waals surface area contributed by atoms with Crippen molar-refractivity contribution >= 4 is 17.4 Å². The lowest BCUT2D eigenvalue weighted by molar-refractivity contribution is 0.101. The second-order valence-electron chi connectivity index (χ2n) is 3.19. The Balaban J connectivity index is 2.48. The second-order valence-corrected chi connectivity index (χ2v) is 3.60. The van der Waals surface area contributed by atoms with Crippen LogP contribution >= 0.6 is 11.6 Å². The van der Waals surface area contributed by atoms with E-state index >= 15 is 0 Å². The molecular formula is C11H9ClN2O. The Morgan fingerprint density at radius 1 is 1.47 bits per heavy atom. The fourth-order valence-corrected chi connectivity index (χ4v) is 1.62. The van der Waals surface area contributed by atoms with Gasteiger partial charge >= 0.3 is 0 Å². The highest BCUT2D eigenvalue weighted by Gasteiger charge is 2.05.